The minimum atomic E-state index is 0.133. The van der Waals surface area contributed by atoms with Gasteiger partial charge >= 0.3 is 0 Å². The number of hydrogen-bond donors (Lipinski definition) is 2. The molecule has 2 N–H and O–H groups in total. The smallest absolute Gasteiger partial charge is 0.221 e. The first-order valence-corrected chi connectivity index (χ1v) is 7.26. The molecule has 0 radical (unpaired) electrons. The highest BCUT2D eigenvalue weighted by molar-refractivity contribution is 5.77. The van der Waals surface area contributed by atoms with Crippen LogP contribution in [-0.2, 0) is 18.4 Å². The number of nitrogens with one attached hydrogen (secondary N) is 2. The molecule has 0 atom stereocenters. The van der Waals surface area contributed by atoms with E-state index in [9.17, 15) is 4.79 Å². The van der Waals surface area contributed by atoms with Gasteiger partial charge in [-0.1, -0.05) is 13.8 Å². The van der Waals surface area contributed by atoms with Gasteiger partial charge in [-0.05, 0) is 6.92 Å². The van der Waals surface area contributed by atoms with E-state index in [1.807, 2.05) is 18.7 Å². The molecule has 0 aromatic carbocycles. The lowest BCUT2D eigenvalue weighted by molar-refractivity contribution is -0.120. The Hall–Kier alpha value is -1.56. The first-order chi connectivity index (χ1) is 9.49. The predicted molar refractivity (Wildman–Crippen MR) is 79.8 cm³/mol. The highest BCUT2D eigenvalue weighted by atomic mass is 16.1. The molecule has 0 bridgehead atoms. The normalized spacial score (nSPS) is 16.4. The molecule has 0 saturated carbocycles. The SMILES string of the molecule is Cc1nn(C)c(N2CCNC(=O)CC2)c1CNC(C)C. The van der Waals surface area contributed by atoms with Crippen LogP contribution < -0.4 is 15.5 Å². The van der Waals surface area contributed by atoms with E-state index in [2.05, 4.69) is 34.5 Å². The van der Waals surface area contributed by atoms with Gasteiger partial charge in [0, 0.05) is 51.3 Å². The number of aromatic nitrogens is 2. The van der Waals surface area contributed by atoms with E-state index in [1.54, 1.807) is 0 Å². The summed E-state index contributed by atoms with van der Waals surface area (Å²) in [6.07, 6.45) is 0.543. The van der Waals surface area contributed by atoms with Crippen molar-refractivity contribution in [3.8, 4) is 0 Å². The van der Waals surface area contributed by atoms with E-state index in [-0.39, 0.29) is 5.91 Å². The molecular formula is C14H25N5O. The van der Waals surface area contributed by atoms with Crippen molar-refractivity contribution in [3.05, 3.63) is 11.3 Å². The van der Waals surface area contributed by atoms with Gasteiger partial charge in [-0.15, -0.1) is 0 Å². The maximum Gasteiger partial charge on any atom is 0.221 e. The zero-order valence-electron chi connectivity index (χ0n) is 12.9. The Morgan fingerprint density at radius 1 is 1.40 bits per heavy atom. The lowest BCUT2D eigenvalue weighted by atomic mass is 10.2. The minimum Gasteiger partial charge on any atom is -0.354 e. The molecule has 1 aliphatic heterocycles. The molecule has 0 unspecified atom stereocenters. The maximum absolute atomic E-state index is 11.5. The van der Waals surface area contributed by atoms with Crippen molar-refractivity contribution in [1.82, 2.24) is 20.4 Å². The number of amides is 1. The number of carbonyl (C=O) groups excluding carboxylic acids is 1. The van der Waals surface area contributed by atoms with Gasteiger partial charge in [-0.3, -0.25) is 9.48 Å². The van der Waals surface area contributed by atoms with E-state index < -0.39 is 0 Å². The highest BCUT2D eigenvalue weighted by Gasteiger charge is 2.21. The van der Waals surface area contributed by atoms with Crippen LogP contribution in [0.1, 0.15) is 31.5 Å². The number of aryl methyl sites for hydroxylation is 2. The molecule has 6 nitrogen and oxygen atoms in total. The highest BCUT2D eigenvalue weighted by Crippen LogP contribution is 2.24. The van der Waals surface area contributed by atoms with Gasteiger partial charge in [-0.25, -0.2) is 0 Å². The largest absolute Gasteiger partial charge is 0.354 e. The number of carbonyl (C=O) groups is 1. The van der Waals surface area contributed by atoms with E-state index in [0.29, 0.717) is 19.0 Å². The van der Waals surface area contributed by atoms with Gasteiger partial charge in [0.2, 0.25) is 5.91 Å². The second-order valence-corrected chi connectivity index (χ2v) is 5.63. The Balaban J connectivity index is 2.22. The van der Waals surface area contributed by atoms with Crippen LogP contribution in [0, 0.1) is 6.92 Å². The van der Waals surface area contributed by atoms with E-state index in [0.717, 1.165) is 31.1 Å². The van der Waals surface area contributed by atoms with Crippen LogP contribution in [-0.4, -0.2) is 41.4 Å². The Labute approximate surface area is 120 Å². The quantitative estimate of drug-likeness (QED) is 0.845. The van der Waals surface area contributed by atoms with Crippen molar-refractivity contribution in [2.75, 3.05) is 24.5 Å². The lowest BCUT2D eigenvalue weighted by Gasteiger charge is -2.24. The molecule has 1 aromatic heterocycles. The van der Waals surface area contributed by atoms with E-state index in [1.165, 1.54) is 5.56 Å². The second kappa shape index (κ2) is 6.26. The minimum absolute atomic E-state index is 0.133. The summed E-state index contributed by atoms with van der Waals surface area (Å²) in [4.78, 5) is 13.7. The van der Waals surface area contributed by atoms with E-state index >= 15 is 0 Å². The molecule has 1 aromatic rings. The molecule has 6 heteroatoms. The number of anilines is 1. The molecule has 0 aliphatic carbocycles. The first-order valence-electron chi connectivity index (χ1n) is 7.26. The van der Waals surface area contributed by atoms with Crippen molar-refractivity contribution in [2.24, 2.45) is 7.05 Å². The average Bonchev–Trinajstić information content (AvgIpc) is 2.53. The molecule has 20 heavy (non-hydrogen) atoms. The fourth-order valence-electron chi connectivity index (χ4n) is 2.58. The Morgan fingerprint density at radius 2 is 2.15 bits per heavy atom. The van der Waals surface area contributed by atoms with E-state index in [4.69, 9.17) is 0 Å². The summed E-state index contributed by atoms with van der Waals surface area (Å²) in [5, 5.41) is 10.9. The fourth-order valence-corrected chi connectivity index (χ4v) is 2.58. The molecule has 2 heterocycles. The number of rotatable bonds is 4. The summed E-state index contributed by atoms with van der Waals surface area (Å²) in [7, 11) is 1.97. The van der Waals surface area contributed by atoms with Gasteiger partial charge in [0.05, 0.1) is 5.69 Å². The van der Waals surface area contributed by atoms with Crippen molar-refractivity contribution in [3.63, 3.8) is 0 Å². The number of nitrogens with zero attached hydrogens (tertiary/aromatic N) is 3. The third-order valence-corrected chi connectivity index (χ3v) is 3.61. The van der Waals surface area contributed by atoms with Crippen LogP contribution in [0.5, 0.6) is 0 Å². The van der Waals surface area contributed by atoms with Gasteiger partial charge < -0.3 is 15.5 Å². The topological polar surface area (TPSA) is 62.2 Å². The van der Waals surface area contributed by atoms with Crippen molar-refractivity contribution >= 4 is 11.7 Å². The summed E-state index contributed by atoms with van der Waals surface area (Å²) in [6, 6.07) is 0.440. The van der Waals surface area contributed by atoms with Crippen LogP contribution in [0.2, 0.25) is 0 Å². The third-order valence-electron chi connectivity index (χ3n) is 3.61. The van der Waals surface area contributed by atoms with Gasteiger partial charge in [0.15, 0.2) is 0 Å². The Morgan fingerprint density at radius 3 is 2.85 bits per heavy atom. The maximum atomic E-state index is 11.5. The molecule has 2 rings (SSSR count). The molecule has 1 amide bonds. The molecule has 0 spiro atoms. The second-order valence-electron chi connectivity index (χ2n) is 5.63. The monoisotopic (exact) mass is 279 g/mol. The molecule has 112 valence electrons. The molecule has 1 fully saturated rings. The van der Waals surface area contributed by atoms with Crippen molar-refractivity contribution < 1.29 is 4.79 Å². The van der Waals surface area contributed by atoms with Crippen LogP contribution in [0.3, 0.4) is 0 Å². The standard InChI is InChI=1S/C14H25N5O/c1-10(2)16-9-12-11(3)17-18(4)14(12)19-7-5-13(20)15-6-8-19/h10,16H,5-9H2,1-4H3,(H,15,20). The fraction of sp³-hybridized carbons (Fsp3) is 0.714. The Kier molecular flexibility index (Phi) is 4.65. The van der Waals surface area contributed by atoms with Crippen LogP contribution in [0.15, 0.2) is 0 Å². The number of hydrogen-bond acceptors (Lipinski definition) is 4. The van der Waals surface area contributed by atoms with Gasteiger partial charge in [0.25, 0.3) is 0 Å². The molecule has 1 saturated heterocycles. The summed E-state index contributed by atoms with van der Waals surface area (Å²) in [5.74, 6) is 1.26. The summed E-state index contributed by atoms with van der Waals surface area (Å²) in [5.41, 5.74) is 2.29. The van der Waals surface area contributed by atoms with Crippen LogP contribution in [0.4, 0.5) is 5.82 Å². The van der Waals surface area contributed by atoms with Crippen LogP contribution in [0.25, 0.3) is 0 Å². The average molecular weight is 279 g/mol. The lowest BCUT2D eigenvalue weighted by Crippen LogP contribution is -2.31. The summed E-state index contributed by atoms with van der Waals surface area (Å²) in [6.45, 7) is 9.41. The van der Waals surface area contributed by atoms with Crippen LogP contribution >= 0.6 is 0 Å². The first kappa shape index (κ1) is 14.8. The zero-order valence-corrected chi connectivity index (χ0v) is 12.9. The van der Waals surface area contributed by atoms with Gasteiger partial charge in [0.1, 0.15) is 5.82 Å². The van der Waals surface area contributed by atoms with Gasteiger partial charge in [-0.2, -0.15) is 5.10 Å². The zero-order chi connectivity index (χ0) is 14.7. The predicted octanol–water partition coefficient (Wildman–Crippen LogP) is 0.553. The summed E-state index contributed by atoms with van der Waals surface area (Å²) < 4.78 is 1.93. The molecular weight excluding hydrogens is 254 g/mol. The third kappa shape index (κ3) is 3.30. The summed E-state index contributed by atoms with van der Waals surface area (Å²) >= 11 is 0. The van der Waals surface area contributed by atoms with Crippen molar-refractivity contribution in [2.45, 2.75) is 39.8 Å². The Bertz CT molecular complexity index is 480. The van der Waals surface area contributed by atoms with Crippen molar-refractivity contribution in [1.29, 1.82) is 0 Å². The molecule has 1 aliphatic rings.